The number of fused-ring (bicyclic) bond motifs is 2. The van der Waals surface area contributed by atoms with Gasteiger partial charge in [0.15, 0.2) is 0 Å². The van der Waals surface area contributed by atoms with Gasteiger partial charge in [0.1, 0.15) is 17.6 Å². The fraction of sp³-hybridized carbons (Fsp3) is 0.242. The second-order valence-electron chi connectivity index (χ2n) is 10.5. The first kappa shape index (κ1) is 30.5. The molecule has 43 heavy (non-hydrogen) atoms. The summed E-state index contributed by atoms with van der Waals surface area (Å²) in [5.41, 5.74) is 1.80. The molecular formula is C33H30BrClFN3O4. The highest BCUT2D eigenvalue weighted by Gasteiger charge is 2.38. The fourth-order valence-electron chi connectivity index (χ4n) is 5.17. The summed E-state index contributed by atoms with van der Waals surface area (Å²) >= 11 is 9.97. The van der Waals surface area contributed by atoms with Crippen molar-refractivity contribution in [1.29, 1.82) is 0 Å². The zero-order valence-corrected chi connectivity index (χ0v) is 26.2. The highest BCUT2D eigenvalue weighted by molar-refractivity contribution is 9.10. The maximum atomic E-state index is 14.4. The molecule has 4 aromatic rings. The van der Waals surface area contributed by atoms with Crippen LogP contribution in [0.15, 0.2) is 77.3 Å². The summed E-state index contributed by atoms with van der Waals surface area (Å²) < 4.78 is 20.3. The third-order valence-corrected chi connectivity index (χ3v) is 8.48. The van der Waals surface area contributed by atoms with Crippen LogP contribution >= 0.6 is 27.5 Å². The van der Waals surface area contributed by atoms with E-state index in [0.717, 1.165) is 20.8 Å². The molecule has 0 fully saturated rings. The Balaban J connectivity index is 1.68. The molecule has 2 atom stereocenters. The van der Waals surface area contributed by atoms with E-state index in [1.165, 1.54) is 29.2 Å². The Bertz CT molecular complexity index is 1710. The molecule has 0 aromatic heterocycles. The lowest BCUT2D eigenvalue weighted by Gasteiger charge is -2.27. The number of rotatable bonds is 7. The van der Waals surface area contributed by atoms with Crippen molar-refractivity contribution in [3.63, 3.8) is 0 Å². The Morgan fingerprint density at radius 1 is 1.07 bits per heavy atom. The third kappa shape index (κ3) is 6.24. The molecule has 0 saturated heterocycles. The largest absolute Gasteiger partial charge is 0.496 e. The summed E-state index contributed by atoms with van der Waals surface area (Å²) in [6, 6.07) is 18.7. The molecule has 5 rings (SSSR count). The number of carbonyl (C=O) groups is 3. The molecule has 4 aromatic carbocycles. The highest BCUT2D eigenvalue weighted by atomic mass is 79.9. The number of amides is 3. The topological polar surface area (TPSA) is 79.0 Å². The zero-order valence-electron chi connectivity index (χ0n) is 23.9. The van der Waals surface area contributed by atoms with Crippen molar-refractivity contribution in [3.8, 4) is 5.75 Å². The van der Waals surface area contributed by atoms with Crippen LogP contribution in [0.4, 0.5) is 15.8 Å². The zero-order chi connectivity index (χ0) is 30.8. The fourth-order valence-corrected chi connectivity index (χ4v) is 5.72. The van der Waals surface area contributed by atoms with Crippen LogP contribution in [-0.2, 0) is 16.1 Å². The van der Waals surface area contributed by atoms with E-state index >= 15 is 0 Å². The van der Waals surface area contributed by atoms with Crippen molar-refractivity contribution in [2.45, 2.75) is 32.9 Å². The van der Waals surface area contributed by atoms with Crippen LogP contribution in [0.5, 0.6) is 5.75 Å². The Kier molecular flexibility index (Phi) is 9.03. The third-order valence-electron chi connectivity index (χ3n) is 7.75. The number of anilines is 2. The predicted molar refractivity (Wildman–Crippen MR) is 170 cm³/mol. The quantitative estimate of drug-likeness (QED) is 0.228. The van der Waals surface area contributed by atoms with Crippen LogP contribution in [-0.4, -0.2) is 37.4 Å². The Hall–Kier alpha value is -3.95. The lowest BCUT2D eigenvalue weighted by Crippen LogP contribution is -2.53. The molecule has 1 aliphatic heterocycles. The Labute approximate surface area is 262 Å². The van der Waals surface area contributed by atoms with Crippen LogP contribution in [0.2, 0.25) is 5.02 Å². The monoisotopic (exact) mass is 665 g/mol. The Morgan fingerprint density at radius 2 is 1.81 bits per heavy atom. The van der Waals surface area contributed by atoms with Crippen molar-refractivity contribution >= 4 is 67.4 Å². The van der Waals surface area contributed by atoms with Gasteiger partial charge in [-0.1, -0.05) is 53.5 Å². The Morgan fingerprint density at radius 3 is 2.51 bits per heavy atom. The molecule has 0 aliphatic carbocycles. The number of halogens is 3. The number of nitrogens with one attached hydrogen (secondary N) is 1. The van der Waals surface area contributed by atoms with E-state index in [9.17, 15) is 18.8 Å². The molecular weight excluding hydrogens is 637 g/mol. The summed E-state index contributed by atoms with van der Waals surface area (Å²) in [6.45, 7) is 3.60. The number of methoxy groups -OCH3 is 1. The predicted octanol–water partition coefficient (Wildman–Crippen LogP) is 7.13. The van der Waals surface area contributed by atoms with Gasteiger partial charge in [0.2, 0.25) is 5.91 Å². The van der Waals surface area contributed by atoms with Gasteiger partial charge >= 0.3 is 0 Å². The van der Waals surface area contributed by atoms with E-state index < -0.39 is 23.7 Å². The van der Waals surface area contributed by atoms with Crippen molar-refractivity contribution in [1.82, 2.24) is 5.32 Å². The summed E-state index contributed by atoms with van der Waals surface area (Å²) in [5.74, 6) is -1.40. The second kappa shape index (κ2) is 12.7. The minimum Gasteiger partial charge on any atom is -0.496 e. The van der Waals surface area contributed by atoms with Crippen molar-refractivity contribution in [3.05, 3.63) is 99.2 Å². The second-order valence-corrected chi connectivity index (χ2v) is 11.8. The normalized spacial score (nSPS) is 15.6. The lowest BCUT2D eigenvalue weighted by atomic mass is 10.0. The van der Waals surface area contributed by atoms with Gasteiger partial charge in [0.25, 0.3) is 11.8 Å². The van der Waals surface area contributed by atoms with Gasteiger partial charge in [-0.15, -0.1) is 0 Å². The maximum absolute atomic E-state index is 14.4. The molecule has 0 radical (unpaired) electrons. The molecule has 0 saturated carbocycles. The van der Waals surface area contributed by atoms with Crippen LogP contribution in [0, 0.1) is 11.7 Å². The number of hydrogen-bond acceptors (Lipinski definition) is 4. The maximum Gasteiger partial charge on any atom is 0.258 e. The molecule has 0 bridgehead atoms. The first-order valence-electron chi connectivity index (χ1n) is 13.8. The SMILES string of the molecule is CC[C@@H](C)C(=O)N[C@H]1CN(C(=O)c2ccc(F)cc2)c2cc(Cl)ccc2N(Cc2c(OC)ccc3cc(Br)ccc23)C1=O. The standard InChI is InChI=1S/C33H30BrClFN3O4/c1-4-19(2)31(40)37-27-18-39(32(41)20-5-10-24(36)11-6-20)29-16-23(35)9-13-28(29)38(33(27)42)17-26-25-12-8-22(34)15-21(25)7-14-30(26)43-3/h5-16,19,27H,4,17-18H2,1-3H3,(H,37,40)/t19-,27+/m1/s1. The molecule has 0 unspecified atom stereocenters. The van der Waals surface area contributed by atoms with E-state index in [4.69, 9.17) is 16.3 Å². The molecule has 1 aliphatic rings. The van der Waals surface area contributed by atoms with E-state index in [1.807, 2.05) is 37.3 Å². The first-order valence-corrected chi connectivity index (χ1v) is 15.0. The molecule has 10 heteroatoms. The van der Waals surface area contributed by atoms with Gasteiger partial charge in [0, 0.05) is 26.5 Å². The smallest absolute Gasteiger partial charge is 0.258 e. The molecule has 7 nitrogen and oxygen atoms in total. The average molecular weight is 667 g/mol. The van der Waals surface area contributed by atoms with Crippen LogP contribution in [0.1, 0.15) is 36.2 Å². The number of benzene rings is 4. The van der Waals surface area contributed by atoms with Crippen molar-refractivity contribution in [2.75, 3.05) is 23.5 Å². The minimum atomic E-state index is -1.08. The van der Waals surface area contributed by atoms with E-state index in [1.54, 1.807) is 37.1 Å². The van der Waals surface area contributed by atoms with Crippen LogP contribution in [0.25, 0.3) is 10.8 Å². The van der Waals surface area contributed by atoms with Gasteiger partial charge in [-0.2, -0.15) is 0 Å². The van der Waals surface area contributed by atoms with Gasteiger partial charge in [-0.3, -0.25) is 14.4 Å². The van der Waals surface area contributed by atoms with Crippen LogP contribution in [0.3, 0.4) is 0 Å². The lowest BCUT2D eigenvalue weighted by molar-refractivity contribution is -0.129. The van der Waals surface area contributed by atoms with E-state index in [0.29, 0.717) is 28.6 Å². The van der Waals surface area contributed by atoms with Gasteiger partial charge in [-0.25, -0.2) is 4.39 Å². The van der Waals surface area contributed by atoms with Gasteiger partial charge in [0.05, 0.1) is 31.6 Å². The molecule has 3 amide bonds. The van der Waals surface area contributed by atoms with E-state index in [-0.39, 0.29) is 30.5 Å². The molecule has 0 spiro atoms. The number of hydrogen-bond donors (Lipinski definition) is 1. The van der Waals surface area contributed by atoms with E-state index in [2.05, 4.69) is 21.2 Å². The highest BCUT2D eigenvalue weighted by Crippen LogP contribution is 2.39. The first-order chi connectivity index (χ1) is 20.6. The number of nitrogens with zero attached hydrogens (tertiary/aromatic N) is 2. The van der Waals surface area contributed by atoms with Gasteiger partial charge in [-0.05, 0) is 77.9 Å². The number of carbonyl (C=O) groups excluding carboxylic acids is 3. The summed E-state index contributed by atoms with van der Waals surface area (Å²) in [7, 11) is 1.57. The molecule has 1 N–H and O–H groups in total. The summed E-state index contributed by atoms with van der Waals surface area (Å²) in [4.78, 5) is 44.4. The van der Waals surface area contributed by atoms with Crippen molar-refractivity contribution in [2.24, 2.45) is 5.92 Å². The van der Waals surface area contributed by atoms with Crippen molar-refractivity contribution < 1.29 is 23.5 Å². The van der Waals surface area contributed by atoms with Gasteiger partial charge < -0.3 is 19.9 Å². The minimum absolute atomic E-state index is 0.0872. The van der Waals surface area contributed by atoms with Crippen LogP contribution < -0.4 is 19.9 Å². The number of ether oxygens (including phenoxy) is 1. The summed E-state index contributed by atoms with van der Waals surface area (Å²) in [5, 5.41) is 5.07. The molecule has 1 heterocycles. The summed E-state index contributed by atoms with van der Waals surface area (Å²) in [6.07, 6.45) is 0.577. The average Bonchev–Trinajstić information content (AvgIpc) is 3.10. The molecule has 222 valence electrons.